The van der Waals surface area contributed by atoms with Crippen molar-refractivity contribution >= 4 is 0 Å². The molecule has 0 aliphatic heterocycles. The second-order valence-corrected chi connectivity index (χ2v) is 5.66. The Morgan fingerprint density at radius 3 is 1.75 bits per heavy atom. The van der Waals surface area contributed by atoms with Gasteiger partial charge in [0, 0.05) is 0 Å². The SMILES string of the molecule is CC(C)[C@@]1(C)CCCCC1(C)C. The molecule has 1 fully saturated rings. The van der Waals surface area contributed by atoms with Crippen molar-refractivity contribution in [2.24, 2.45) is 16.7 Å². The van der Waals surface area contributed by atoms with Crippen molar-refractivity contribution in [2.75, 3.05) is 0 Å². The van der Waals surface area contributed by atoms with Gasteiger partial charge in [0.15, 0.2) is 0 Å². The molecular formula is C12H24. The molecule has 0 nitrogen and oxygen atoms in total. The quantitative estimate of drug-likeness (QED) is 0.549. The highest BCUT2D eigenvalue weighted by molar-refractivity contribution is 4.94. The predicted molar refractivity (Wildman–Crippen MR) is 55.2 cm³/mol. The van der Waals surface area contributed by atoms with Gasteiger partial charge in [0.25, 0.3) is 0 Å². The van der Waals surface area contributed by atoms with E-state index in [-0.39, 0.29) is 0 Å². The Balaban J connectivity index is 2.84. The lowest BCUT2D eigenvalue weighted by Gasteiger charge is -2.51. The second-order valence-electron chi connectivity index (χ2n) is 5.66. The molecule has 0 aromatic heterocycles. The summed E-state index contributed by atoms with van der Waals surface area (Å²) in [5, 5.41) is 0. The molecule has 1 rings (SSSR count). The minimum absolute atomic E-state index is 0.555. The van der Waals surface area contributed by atoms with Crippen LogP contribution in [-0.2, 0) is 0 Å². The molecule has 1 aliphatic carbocycles. The fourth-order valence-electron chi connectivity index (χ4n) is 2.75. The Kier molecular flexibility index (Phi) is 2.56. The zero-order valence-electron chi connectivity index (χ0n) is 9.41. The normalized spacial score (nSPS) is 35.5. The maximum absolute atomic E-state index is 2.48. The lowest BCUT2D eigenvalue weighted by molar-refractivity contribution is -0.00987. The minimum atomic E-state index is 0.555. The van der Waals surface area contributed by atoms with E-state index in [1.165, 1.54) is 25.7 Å². The van der Waals surface area contributed by atoms with Gasteiger partial charge in [-0.3, -0.25) is 0 Å². The van der Waals surface area contributed by atoms with Crippen LogP contribution in [0.15, 0.2) is 0 Å². The molecule has 0 saturated heterocycles. The van der Waals surface area contributed by atoms with Crippen molar-refractivity contribution in [3.63, 3.8) is 0 Å². The molecular weight excluding hydrogens is 144 g/mol. The highest BCUT2D eigenvalue weighted by Gasteiger charge is 2.44. The summed E-state index contributed by atoms with van der Waals surface area (Å²) in [6.45, 7) is 12.1. The standard InChI is InChI=1S/C12H24/c1-10(2)12(5)9-7-6-8-11(12,3)4/h10H,6-9H2,1-5H3/t12-/m1/s1. The number of hydrogen-bond acceptors (Lipinski definition) is 0. The molecule has 0 amide bonds. The van der Waals surface area contributed by atoms with Crippen LogP contribution in [0.2, 0.25) is 0 Å². The molecule has 0 aromatic carbocycles. The van der Waals surface area contributed by atoms with Gasteiger partial charge < -0.3 is 0 Å². The van der Waals surface area contributed by atoms with Crippen LogP contribution in [0.3, 0.4) is 0 Å². The van der Waals surface area contributed by atoms with Crippen molar-refractivity contribution in [3.05, 3.63) is 0 Å². The van der Waals surface area contributed by atoms with Crippen LogP contribution in [0, 0.1) is 16.7 Å². The molecule has 72 valence electrons. The van der Waals surface area contributed by atoms with E-state index in [2.05, 4.69) is 34.6 Å². The Hall–Kier alpha value is 0. The molecule has 0 bridgehead atoms. The molecule has 12 heavy (non-hydrogen) atoms. The first-order valence-electron chi connectivity index (χ1n) is 5.40. The molecule has 0 heteroatoms. The summed E-state index contributed by atoms with van der Waals surface area (Å²) in [4.78, 5) is 0. The monoisotopic (exact) mass is 168 g/mol. The summed E-state index contributed by atoms with van der Waals surface area (Å²) >= 11 is 0. The Morgan fingerprint density at radius 1 is 0.917 bits per heavy atom. The summed E-state index contributed by atoms with van der Waals surface area (Å²) in [6, 6.07) is 0. The van der Waals surface area contributed by atoms with Gasteiger partial charge >= 0.3 is 0 Å². The molecule has 1 atom stereocenters. The van der Waals surface area contributed by atoms with Crippen LogP contribution in [0.4, 0.5) is 0 Å². The minimum Gasteiger partial charge on any atom is -0.0622 e. The fourth-order valence-corrected chi connectivity index (χ4v) is 2.75. The van der Waals surface area contributed by atoms with Crippen LogP contribution in [-0.4, -0.2) is 0 Å². The first-order chi connectivity index (χ1) is 5.40. The lowest BCUT2D eigenvalue weighted by Crippen LogP contribution is -2.42. The van der Waals surface area contributed by atoms with E-state index in [0.29, 0.717) is 10.8 Å². The molecule has 0 radical (unpaired) electrons. The third-order valence-electron chi connectivity index (χ3n) is 4.57. The van der Waals surface area contributed by atoms with Crippen molar-refractivity contribution in [1.29, 1.82) is 0 Å². The number of rotatable bonds is 1. The van der Waals surface area contributed by atoms with Crippen LogP contribution < -0.4 is 0 Å². The highest BCUT2D eigenvalue weighted by atomic mass is 14.5. The van der Waals surface area contributed by atoms with Gasteiger partial charge in [0.05, 0.1) is 0 Å². The highest BCUT2D eigenvalue weighted by Crippen LogP contribution is 2.54. The van der Waals surface area contributed by atoms with Crippen LogP contribution >= 0.6 is 0 Å². The smallest absolute Gasteiger partial charge is 0.0252 e. The molecule has 0 N–H and O–H groups in total. The van der Waals surface area contributed by atoms with Crippen molar-refractivity contribution in [3.8, 4) is 0 Å². The van der Waals surface area contributed by atoms with Crippen LogP contribution in [0.25, 0.3) is 0 Å². The largest absolute Gasteiger partial charge is 0.0622 e. The van der Waals surface area contributed by atoms with E-state index < -0.39 is 0 Å². The maximum atomic E-state index is 2.48. The van der Waals surface area contributed by atoms with Gasteiger partial charge in [0.2, 0.25) is 0 Å². The summed E-state index contributed by atoms with van der Waals surface area (Å²) in [5.74, 6) is 0.827. The van der Waals surface area contributed by atoms with Crippen LogP contribution in [0.5, 0.6) is 0 Å². The second kappa shape index (κ2) is 3.05. The molecule has 0 spiro atoms. The Morgan fingerprint density at radius 2 is 1.42 bits per heavy atom. The van der Waals surface area contributed by atoms with Gasteiger partial charge in [-0.2, -0.15) is 0 Å². The van der Waals surface area contributed by atoms with E-state index in [9.17, 15) is 0 Å². The molecule has 0 aromatic rings. The van der Waals surface area contributed by atoms with Gasteiger partial charge in [0.1, 0.15) is 0 Å². The van der Waals surface area contributed by atoms with E-state index in [0.717, 1.165) is 5.92 Å². The lowest BCUT2D eigenvalue weighted by atomic mass is 9.54. The third-order valence-corrected chi connectivity index (χ3v) is 4.57. The van der Waals surface area contributed by atoms with Crippen molar-refractivity contribution < 1.29 is 0 Å². The third kappa shape index (κ3) is 1.41. The number of hydrogen-bond donors (Lipinski definition) is 0. The Labute approximate surface area is 77.7 Å². The van der Waals surface area contributed by atoms with E-state index in [1.807, 2.05) is 0 Å². The average molecular weight is 168 g/mol. The first kappa shape index (κ1) is 10.1. The predicted octanol–water partition coefficient (Wildman–Crippen LogP) is 4.25. The van der Waals surface area contributed by atoms with Crippen molar-refractivity contribution in [2.45, 2.75) is 60.3 Å². The topological polar surface area (TPSA) is 0 Å². The van der Waals surface area contributed by atoms with Gasteiger partial charge in [-0.25, -0.2) is 0 Å². The Bertz CT molecular complexity index is 155. The van der Waals surface area contributed by atoms with Gasteiger partial charge in [-0.05, 0) is 29.6 Å². The fraction of sp³-hybridized carbons (Fsp3) is 1.00. The molecule has 0 unspecified atom stereocenters. The maximum Gasteiger partial charge on any atom is -0.0252 e. The van der Waals surface area contributed by atoms with Crippen molar-refractivity contribution in [1.82, 2.24) is 0 Å². The molecule has 1 aliphatic rings. The molecule has 0 heterocycles. The zero-order valence-corrected chi connectivity index (χ0v) is 9.41. The van der Waals surface area contributed by atoms with Gasteiger partial charge in [-0.15, -0.1) is 0 Å². The zero-order chi connectivity index (χ0) is 9.41. The summed E-state index contributed by atoms with van der Waals surface area (Å²) < 4.78 is 0. The van der Waals surface area contributed by atoms with E-state index in [4.69, 9.17) is 0 Å². The summed E-state index contributed by atoms with van der Waals surface area (Å²) in [7, 11) is 0. The van der Waals surface area contributed by atoms with E-state index >= 15 is 0 Å². The first-order valence-corrected chi connectivity index (χ1v) is 5.40. The molecule has 1 saturated carbocycles. The summed E-state index contributed by atoms with van der Waals surface area (Å²) in [5.41, 5.74) is 1.13. The van der Waals surface area contributed by atoms with Gasteiger partial charge in [-0.1, -0.05) is 47.5 Å². The summed E-state index contributed by atoms with van der Waals surface area (Å²) in [6.07, 6.45) is 5.73. The average Bonchev–Trinajstić information content (AvgIpc) is 1.95. The van der Waals surface area contributed by atoms with Crippen LogP contribution in [0.1, 0.15) is 60.3 Å². The van der Waals surface area contributed by atoms with E-state index in [1.54, 1.807) is 0 Å².